The first-order valence-corrected chi connectivity index (χ1v) is 11.4. The largest absolute Gasteiger partial charge is 0.389 e. The second kappa shape index (κ2) is 9.79. The molecule has 0 spiro atoms. The van der Waals surface area contributed by atoms with Gasteiger partial charge >= 0.3 is 0 Å². The Labute approximate surface area is 203 Å². The maximum absolute atomic E-state index is 13.5. The standard InChI is InChI=1S/C27H25ClN2O4/c1-27(34)16-21(31)23(25(32)29-19-8-4-2-5-9-19)22(17-12-14-18(28)15-13-17)24(27)26(33)30-20-10-6-3-7-11-20/h2-15,22-24,34H,16H2,1H3,(H,29,32)(H,30,33)/t22-,23+,24+,27+/m1/s1. The highest BCUT2D eigenvalue weighted by Gasteiger charge is 2.55. The number of carbonyl (C=O) groups excluding carboxylic acids is 3. The van der Waals surface area contributed by atoms with Crippen LogP contribution in [0.3, 0.4) is 0 Å². The van der Waals surface area contributed by atoms with E-state index in [1.165, 1.54) is 6.92 Å². The normalized spacial score (nSPS) is 24.3. The van der Waals surface area contributed by atoms with E-state index < -0.39 is 41.0 Å². The van der Waals surface area contributed by atoms with E-state index in [0.717, 1.165) is 0 Å². The van der Waals surface area contributed by atoms with Crippen LogP contribution < -0.4 is 10.6 Å². The van der Waals surface area contributed by atoms with Crippen LogP contribution in [0.4, 0.5) is 11.4 Å². The maximum Gasteiger partial charge on any atom is 0.235 e. The van der Waals surface area contributed by atoms with Crippen molar-refractivity contribution in [3.05, 3.63) is 95.5 Å². The monoisotopic (exact) mass is 476 g/mol. The van der Waals surface area contributed by atoms with Gasteiger partial charge in [-0.2, -0.15) is 0 Å². The summed E-state index contributed by atoms with van der Waals surface area (Å²) >= 11 is 6.07. The second-order valence-electron chi connectivity index (χ2n) is 8.74. The third-order valence-corrected chi connectivity index (χ3v) is 6.42. The van der Waals surface area contributed by atoms with Crippen LogP contribution in [0.1, 0.15) is 24.8 Å². The molecule has 1 fully saturated rings. The summed E-state index contributed by atoms with van der Waals surface area (Å²) in [7, 11) is 0. The summed E-state index contributed by atoms with van der Waals surface area (Å²) in [6, 6.07) is 24.3. The Morgan fingerprint density at radius 3 is 1.88 bits per heavy atom. The molecule has 1 saturated carbocycles. The highest BCUT2D eigenvalue weighted by molar-refractivity contribution is 6.30. The van der Waals surface area contributed by atoms with Gasteiger partial charge in [0.2, 0.25) is 11.8 Å². The molecule has 4 atom stereocenters. The van der Waals surface area contributed by atoms with E-state index in [0.29, 0.717) is 22.0 Å². The molecule has 6 nitrogen and oxygen atoms in total. The van der Waals surface area contributed by atoms with Gasteiger partial charge in [-0.3, -0.25) is 14.4 Å². The van der Waals surface area contributed by atoms with Crippen LogP contribution in [0.5, 0.6) is 0 Å². The van der Waals surface area contributed by atoms with E-state index in [-0.39, 0.29) is 6.42 Å². The van der Waals surface area contributed by atoms with E-state index in [9.17, 15) is 19.5 Å². The maximum atomic E-state index is 13.5. The van der Waals surface area contributed by atoms with Crippen LogP contribution in [-0.4, -0.2) is 28.3 Å². The van der Waals surface area contributed by atoms with Crippen LogP contribution in [0.25, 0.3) is 0 Å². The zero-order chi connectivity index (χ0) is 24.3. The summed E-state index contributed by atoms with van der Waals surface area (Å²) in [4.78, 5) is 40.2. The molecule has 1 aliphatic carbocycles. The smallest absolute Gasteiger partial charge is 0.235 e. The summed E-state index contributed by atoms with van der Waals surface area (Å²) in [5.74, 6) is -4.57. The van der Waals surface area contributed by atoms with Crippen LogP contribution in [0.15, 0.2) is 84.9 Å². The number of anilines is 2. The van der Waals surface area contributed by atoms with Crippen LogP contribution >= 0.6 is 11.6 Å². The lowest BCUT2D eigenvalue weighted by atomic mass is 9.61. The average Bonchev–Trinajstić information content (AvgIpc) is 2.79. The molecule has 34 heavy (non-hydrogen) atoms. The number of hydrogen-bond acceptors (Lipinski definition) is 4. The molecule has 0 aromatic heterocycles. The molecule has 0 heterocycles. The molecule has 3 aromatic rings. The van der Waals surface area contributed by atoms with Crippen molar-refractivity contribution in [3.63, 3.8) is 0 Å². The zero-order valence-electron chi connectivity index (χ0n) is 18.6. The van der Waals surface area contributed by atoms with E-state index in [1.807, 2.05) is 12.1 Å². The summed E-state index contributed by atoms with van der Waals surface area (Å²) in [5, 5.41) is 17.4. The molecular formula is C27H25ClN2O4. The number of aliphatic hydroxyl groups is 1. The molecular weight excluding hydrogens is 452 g/mol. The molecule has 174 valence electrons. The molecule has 0 unspecified atom stereocenters. The summed E-state index contributed by atoms with van der Waals surface area (Å²) < 4.78 is 0. The molecule has 3 N–H and O–H groups in total. The first kappa shape index (κ1) is 23.7. The fraction of sp³-hybridized carbons (Fsp3) is 0.222. The number of amides is 2. The Morgan fingerprint density at radius 1 is 0.853 bits per heavy atom. The molecule has 4 rings (SSSR count). The lowest BCUT2D eigenvalue weighted by molar-refractivity contribution is -0.150. The number of nitrogens with one attached hydrogen (secondary N) is 2. The predicted molar refractivity (Wildman–Crippen MR) is 132 cm³/mol. The Hall–Kier alpha value is -3.48. The SMILES string of the molecule is C[C@]1(O)CC(=O)[C@H](C(=O)Nc2ccccc2)[C@@H](c2ccc(Cl)cc2)[C@H]1C(=O)Nc1ccccc1. The van der Waals surface area contributed by atoms with Crippen molar-refractivity contribution >= 4 is 40.6 Å². The number of carbonyl (C=O) groups is 3. The van der Waals surface area contributed by atoms with Gasteiger partial charge in [-0.05, 0) is 48.9 Å². The molecule has 1 aliphatic rings. The molecule has 0 radical (unpaired) electrons. The third-order valence-electron chi connectivity index (χ3n) is 6.17. The van der Waals surface area contributed by atoms with E-state index >= 15 is 0 Å². The van der Waals surface area contributed by atoms with Crippen LogP contribution in [0.2, 0.25) is 5.02 Å². The first-order chi connectivity index (χ1) is 16.3. The highest BCUT2D eigenvalue weighted by Crippen LogP contribution is 2.46. The molecule has 0 saturated heterocycles. The lowest BCUT2D eigenvalue weighted by Crippen LogP contribution is -2.56. The Balaban J connectivity index is 1.76. The number of para-hydroxylation sites is 2. The lowest BCUT2D eigenvalue weighted by Gasteiger charge is -2.44. The molecule has 3 aromatic carbocycles. The highest BCUT2D eigenvalue weighted by atomic mass is 35.5. The molecule has 0 aliphatic heterocycles. The number of benzene rings is 3. The van der Waals surface area contributed by atoms with Crippen molar-refractivity contribution in [3.8, 4) is 0 Å². The van der Waals surface area contributed by atoms with Gasteiger partial charge in [-0.15, -0.1) is 0 Å². The minimum Gasteiger partial charge on any atom is -0.389 e. The summed E-state index contributed by atoms with van der Waals surface area (Å²) in [6.07, 6.45) is -0.323. The van der Waals surface area contributed by atoms with Gasteiger partial charge in [0.25, 0.3) is 0 Å². The number of rotatable bonds is 5. The van der Waals surface area contributed by atoms with Gasteiger partial charge in [-0.1, -0.05) is 60.1 Å². The van der Waals surface area contributed by atoms with Crippen molar-refractivity contribution in [2.45, 2.75) is 24.9 Å². The number of hydrogen-bond donors (Lipinski definition) is 3. The van der Waals surface area contributed by atoms with E-state index in [1.54, 1.807) is 72.8 Å². The van der Waals surface area contributed by atoms with Crippen molar-refractivity contribution < 1.29 is 19.5 Å². The first-order valence-electron chi connectivity index (χ1n) is 11.0. The van der Waals surface area contributed by atoms with Gasteiger partial charge in [0.05, 0.1) is 11.5 Å². The Morgan fingerprint density at radius 2 is 1.35 bits per heavy atom. The summed E-state index contributed by atoms with van der Waals surface area (Å²) in [6.45, 7) is 1.47. The van der Waals surface area contributed by atoms with Crippen molar-refractivity contribution in [2.24, 2.45) is 11.8 Å². The molecule has 0 bridgehead atoms. The Kier molecular flexibility index (Phi) is 6.82. The van der Waals surface area contributed by atoms with Crippen LogP contribution in [0, 0.1) is 11.8 Å². The van der Waals surface area contributed by atoms with Crippen LogP contribution in [-0.2, 0) is 14.4 Å². The van der Waals surface area contributed by atoms with E-state index in [4.69, 9.17) is 11.6 Å². The fourth-order valence-electron chi connectivity index (χ4n) is 4.66. The molecule has 2 amide bonds. The topological polar surface area (TPSA) is 95.5 Å². The van der Waals surface area contributed by atoms with Gasteiger partial charge in [0, 0.05) is 28.7 Å². The van der Waals surface area contributed by atoms with Gasteiger partial charge in [-0.25, -0.2) is 0 Å². The fourth-order valence-corrected chi connectivity index (χ4v) is 4.79. The van der Waals surface area contributed by atoms with Gasteiger partial charge in [0.1, 0.15) is 11.7 Å². The summed E-state index contributed by atoms with van der Waals surface area (Å²) in [5.41, 5.74) is 0.00122. The third kappa shape index (κ3) is 5.03. The number of halogens is 1. The second-order valence-corrected chi connectivity index (χ2v) is 9.18. The van der Waals surface area contributed by atoms with Gasteiger partial charge in [0.15, 0.2) is 0 Å². The molecule has 7 heteroatoms. The zero-order valence-corrected chi connectivity index (χ0v) is 19.3. The van der Waals surface area contributed by atoms with Crippen molar-refractivity contribution in [1.29, 1.82) is 0 Å². The quantitative estimate of drug-likeness (QED) is 0.467. The van der Waals surface area contributed by atoms with Crippen molar-refractivity contribution in [2.75, 3.05) is 10.6 Å². The number of Topliss-reactive ketones (excluding diaryl/α,β-unsaturated/α-hetero) is 1. The minimum atomic E-state index is -1.66. The number of ketones is 1. The Bertz CT molecular complexity index is 1180. The minimum absolute atomic E-state index is 0.323. The predicted octanol–water partition coefficient (Wildman–Crippen LogP) is 4.66. The van der Waals surface area contributed by atoms with Gasteiger partial charge < -0.3 is 15.7 Å². The average molecular weight is 477 g/mol. The van der Waals surface area contributed by atoms with E-state index in [2.05, 4.69) is 10.6 Å². The van der Waals surface area contributed by atoms with Crippen molar-refractivity contribution in [1.82, 2.24) is 0 Å².